The van der Waals surface area contributed by atoms with E-state index in [1.54, 1.807) is 18.2 Å². The third-order valence-corrected chi connectivity index (χ3v) is 3.66. The van der Waals surface area contributed by atoms with Crippen LogP contribution in [0.5, 0.6) is 5.75 Å². The number of hydrogen-bond acceptors (Lipinski definition) is 4. The lowest BCUT2D eigenvalue weighted by Crippen LogP contribution is -2.42. The summed E-state index contributed by atoms with van der Waals surface area (Å²) in [5.41, 5.74) is 4.67. The monoisotopic (exact) mass is 292 g/mol. The molecule has 1 aliphatic rings. The molecule has 0 heterocycles. The molecule has 6 heteroatoms. The molecule has 0 saturated heterocycles. The molecule has 2 amide bonds. The number of carbonyl (C=O) groups excluding carboxylic acids is 2. The van der Waals surface area contributed by atoms with E-state index in [-0.39, 0.29) is 30.4 Å². The van der Waals surface area contributed by atoms with Gasteiger partial charge in [0.25, 0.3) is 11.8 Å². The molecule has 1 saturated carbocycles. The van der Waals surface area contributed by atoms with Gasteiger partial charge in [-0.25, -0.2) is 0 Å². The van der Waals surface area contributed by atoms with Crippen LogP contribution in [0.4, 0.5) is 0 Å². The number of amides is 2. The third-order valence-electron chi connectivity index (χ3n) is 3.66. The summed E-state index contributed by atoms with van der Waals surface area (Å²) in [6.07, 6.45) is 3.38. The molecule has 4 N–H and O–H groups in total. The fourth-order valence-corrected chi connectivity index (χ4v) is 2.46. The molecule has 0 atom stereocenters. The quantitative estimate of drug-likeness (QED) is 0.714. The summed E-state index contributed by atoms with van der Waals surface area (Å²) >= 11 is 0. The standard InChI is InChI=1S/C15H20N2O4/c16-14(19)11-5-1-2-6-12(11)21-9-13(18)17-10-15(20)7-3-4-8-15/h1-2,5-6,20H,3-4,7-10H2,(H2,16,19)(H,17,18). The number of ether oxygens (including phenoxy) is 1. The smallest absolute Gasteiger partial charge is 0.258 e. The van der Waals surface area contributed by atoms with E-state index in [9.17, 15) is 14.7 Å². The van der Waals surface area contributed by atoms with Crippen LogP contribution in [-0.4, -0.2) is 35.7 Å². The first kappa shape index (κ1) is 15.3. The van der Waals surface area contributed by atoms with E-state index in [0.717, 1.165) is 12.8 Å². The lowest BCUT2D eigenvalue weighted by molar-refractivity contribution is -0.124. The predicted octanol–water partition coefficient (Wildman–Crippen LogP) is 0.586. The number of aliphatic hydroxyl groups is 1. The maximum Gasteiger partial charge on any atom is 0.258 e. The normalized spacial score (nSPS) is 16.4. The van der Waals surface area contributed by atoms with Crippen molar-refractivity contribution in [3.63, 3.8) is 0 Å². The number of primary amides is 1. The van der Waals surface area contributed by atoms with Crippen molar-refractivity contribution in [2.75, 3.05) is 13.2 Å². The third kappa shape index (κ3) is 4.19. The Bertz CT molecular complexity index is 524. The molecule has 0 unspecified atom stereocenters. The second kappa shape index (κ2) is 6.58. The zero-order valence-corrected chi connectivity index (χ0v) is 11.8. The van der Waals surface area contributed by atoms with Crippen LogP contribution in [0.1, 0.15) is 36.0 Å². The molecule has 0 bridgehead atoms. The highest BCUT2D eigenvalue weighted by Crippen LogP contribution is 2.28. The van der Waals surface area contributed by atoms with Crippen LogP contribution < -0.4 is 15.8 Å². The summed E-state index contributed by atoms with van der Waals surface area (Å²) in [4.78, 5) is 22.9. The lowest BCUT2D eigenvalue weighted by Gasteiger charge is -2.22. The highest BCUT2D eigenvalue weighted by Gasteiger charge is 2.31. The lowest BCUT2D eigenvalue weighted by atomic mass is 10.0. The number of carbonyl (C=O) groups is 2. The van der Waals surface area contributed by atoms with Crippen molar-refractivity contribution < 1.29 is 19.4 Å². The molecular formula is C15H20N2O4. The minimum Gasteiger partial charge on any atom is -0.483 e. The maximum absolute atomic E-state index is 11.7. The Labute approximate surface area is 123 Å². The molecule has 114 valence electrons. The van der Waals surface area contributed by atoms with E-state index in [0.29, 0.717) is 12.8 Å². The zero-order chi connectivity index (χ0) is 15.3. The molecular weight excluding hydrogens is 272 g/mol. The summed E-state index contributed by atoms with van der Waals surface area (Å²) in [6.45, 7) is 0.00698. The molecule has 1 aromatic rings. The molecule has 1 fully saturated rings. The Hall–Kier alpha value is -2.08. The molecule has 1 aliphatic carbocycles. The van der Waals surface area contributed by atoms with Crippen LogP contribution in [0.25, 0.3) is 0 Å². The first-order valence-electron chi connectivity index (χ1n) is 7.01. The Morgan fingerprint density at radius 2 is 1.95 bits per heavy atom. The molecule has 0 aliphatic heterocycles. The average Bonchev–Trinajstić information content (AvgIpc) is 2.90. The second-order valence-electron chi connectivity index (χ2n) is 5.36. The minimum atomic E-state index is -0.791. The van der Waals surface area contributed by atoms with Gasteiger partial charge in [-0.2, -0.15) is 0 Å². The van der Waals surface area contributed by atoms with Crippen LogP contribution in [0, 0.1) is 0 Å². The molecule has 0 spiro atoms. The SMILES string of the molecule is NC(=O)c1ccccc1OCC(=O)NCC1(O)CCCC1. The van der Waals surface area contributed by atoms with Crippen LogP contribution in [0.15, 0.2) is 24.3 Å². The van der Waals surface area contributed by atoms with E-state index < -0.39 is 11.5 Å². The number of benzene rings is 1. The number of nitrogens with two attached hydrogens (primary N) is 1. The van der Waals surface area contributed by atoms with E-state index in [4.69, 9.17) is 10.5 Å². The van der Waals surface area contributed by atoms with Crippen molar-refractivity contribution in [3.8, 4) is 5.75 Å². The fraction of sp³-hybridized carbons (Fsp3) is 0.467. The van der Waals surface area contributed by atoms with Crippen LogP contribution >= 0.6 is 0 Å². The number of hydrogen-bond donors (Lipinski definition) is 3. The first-order chi connectivity index (χ1) is 10.0. The highest BCUT2D eigenvalue weighted by atomic mass is 16.5. The Kier molecular flexibility index (Phi) is 4.80. The second-order valence-corrected chi connectivity index (χ2v) is 5.36. The van der Waals surface area contributed by atoms with Gasteiger partial charge in [0.2, 0.25) is 0 Å². The minimum absolute atomic E-state index is 0.222. The fourth-order valence-electron chi connectivity index (χ4n) is 2.46. The predicted molar refractivity (Wildman–Crippen MR) is 76.9 cm³/mol. The Morgan fingerprint density at radius 1 is 1.29 bits per heavy atom. The maximum atomic E-state index is 11.7. The molecule has 0 radical (unpaired) electrons. The van der Waals surface area contributed by atoms with Crippen molar-refractivity contribution in [1.29, 1.82) is 0 Å². The highest BCUT2D eigenvalue weighted by molar-refractivity contribution is 5.95. The summed E-state index contributed by atoms with van der Waals surface area (Å²) in [5, 5.41) is 12.8. The summed E-state index contributed by atoms with van der Waals surface area (Å²) in [5.74, 6) is -0.666. The van der Waals surface area contributed by atoms with Gasteiger partial charge in [-0.15, -0.1) is 0 Å². The number of nitrogens with one attached hydrogen (secondary N) is 1. The van der Waals surface area contributed by atoms with Gasteiger partial charge in [-0.1, -0.05) is 25.0 Å². The first-order valence-corrected chi connectivity index (χ1v) is 7.01. The van der Waals surface area contributed by atoms with E-state index in [1.165, 1.54) is 6.07 Å². The van der Waals surface area contributed by atoms with Gasteiger partial charge < -0.3 is 20.9 Å². The van der Waals surface area contributed by atoms with Gasteiger partial charge in [0.05, 0.1) is 11.2 Å². The molecule has 0 aromatic heterocycles. The average molecular weight is 292 g/mol. The van der Waals surface area contributed by atoms with Crippen molar-refractivity contribution in [3.05, 3.63) is 29.8 Å². The van der Waals surface area contributed by atoms with Crippen LogP contribution in [0.3, 0.4) is 0 Å². The largest absolute Gasteiger partial charge is 0.483 e. The zero-order valence-electron chi connectivity index (χ0n) is 11.8. The molecule has 21 heavy (non-hydrogen) atoms. The van der Waals surface area contributed by atoms with Crippen LogP contribution in [-0.2, 0) is 4.79 Å². The summed E-state index contributed by atoms with van der Waals surface area (Å²) in [7, 11) is 0. The van der Waals surface area contributed by atoms with Crippen LogP contribution in [0.2, 0.25) is 0 Å². The molecule has 1 aromatic carbocycles. The van der Waals surface area contributed by atoms with Gasteiger partial charge in [-0.05, 0) is 25.0 Å². The van der Waals surface area contributed by atoms with Gasteiger partial charge in [-0.3, -0.25) is 9.59 Å². The van der Waals surface area contributed by atoms with E-state index >= 15 is 0 Å². The van der Waals surface area contributed by atoms with Gasteiger partial charge in [0.15, 0.2) is 6.61 Å². The summed E-state index contributed by atoms with van der Waals surface area (Å²) < 4.78 is 5.31. The van der Waals surface area contributed by atoms with E-state index in [2.05, 4.69) is 5.32 Å². The Balaban J connectivity index is 1.83. The van der Waals surface area contributed by atoms with Crippen molar-refractivity contribution >= 4 is 11.8 Å². The van der Waals surface area contributed by atoms with Crippen molar-refractivity contribution in [1.82, 2.24) is 5.32 Å². The van der Waals surface area contributed by atoms with Gasteiger partial charge >= 0.3 is 0 Å². The van der Waals surface area contributed by atoms with Crippen molar-refractivity contribution in [2.24, 2.45) is 5.73 Å². The molecule has 2 rings (SSSR count). The number of rotatable bonds is 6. The van der Waals surface area contributed by atoms with Gasteiger partial charge in [0.1, 0.15) is 5.75 Å². The molecule has 6 nitrogen and oxygen atoms in total. The number of para-hydroxylation sites is 1. The van der Waals surface area contributed by atoms with Gasteiger partial charge in [0, 0.05) is 6.54 Å². The van der Waals surface area contributed by atoms with E-state index in [1.807, 2.05) is 0 Å². The topological polar surface area (TPSA) is 102 Å². The Morgan fingerprint density at radius 3 is 2.62 bits per heavy atom. The summed E-state index contributed by atoms with van der Waals surface area (Å²) in [6, 6.07) is 6.48. The van der Waals surface area contributed by atoms with Crippen molar-refractivity contribution in [2.45, 2.75) is 31.3 Å².